The molecule has 2 heterocycles. The topological polar surface area (TPSA) is 62.6 Å². The summed E-state index contributed by atoms with van der Waals surface area (Å²) in [5, 5.41) is 4.02. The Morgan fingerprint density at radius 3 is 2.71 bits per heavy atom. The van der Waals surface area contributed by atoms with Crippen LogP contribution < -0.4 is 10.2 Å². The van der Waals surface area contributed by atoms with Crippen molar-refractivity contribution in [2.75, 3.05) is 16.8 Å². The van der Waals surface area contributed by atoms with Crippen LogP contribution in [0.3, 0.4) is 0 Å². The number of hydrogen-bond acceptors (Lipinski definition) is 3. The van der Waals surface area contributed by atoms with Gasteiger partial charge in [0.1, 0.15) is 5.58 Å². The van der Waals surface area contributed by atoms with Gasteiger partial charge >= 0.3 is 0 Å². The molecule has 3 aromatic rings. The predicted octanol–water partition coefficient (Wildman–Crippen LogP) is 4.23. The van der Waals surface area contributed by atoms with E-state index in [2.05, 4.69) is 17.4 Å². The van der Waals surface area contributed by atoms with Crippen LogP contribution in [0.4, 0.5) is 11.4 Å². The maximum atomic E-state index is 12.7. The lowest BCUT2D eigenvalue weighted by atomic mass is 10.0. The van der Waals surface area contributed by atoms with E-state index in [0.717, 1.165) is 41.5 Å². The third kappa shape index (κ3) is 2.97. The Kier molecular flexibility index (Phi) is 4.15. The highest BCUT2D eigenvalue weighted by molar-refractivity contribution is 6.03. The molecule has 0 unspecified atom stereocenters. The smallest absolute Gasteiger partial charge is 0.228 e. The third-order valence-electron chi connectivity index (χ3n) is 5.76. The molecule has 0 atom stereocenters. The summed E-state index contributed by atoms with van der Waals surface area (Å²) in [5.74, 6) is -0.00122. The van der Waals surface area contributed by atoms with Crippen LogP contribution in [0.1, 0.15) is 36.0 Å². The first-order valence-corrected chi connectivity index (χ1v) is 9.90. The number of carbonyl (C=O) groups excluding carboxylic acids is 2. The van der Waals surface area contributed by atoms with Crippen molar-refractivity contribution in [2.24, 2.45) is 0 Å². The molecule has 2 aromatic carbocycles. The van der Waals surface area contributed by atoms with Crippen molar-refractivity contribution in [3.8, 4) is 0 Å². The number of furan rings is 1. The van der Waals surface area contributed by atoms with E-state index in [1.165, 1.54) is 17.5 Å². The van der Waals surface area contributed by atoms with Crippen molar-refractivity contribution in [1.82, 2.24) is 0 Å². The minimum absolute atomic E-state index is 0.108. The van der Waals surface area contributed by atoms with Crippen LogP contribution in [0.25, 0.3) is 11.0 Å². The number of benzene rings is 2. The van der Waals surface area contributed by atoms with E-state index in [0.29, 0.717) is 18.7 Å². The van der Waals surface area contributed by atoms with Crippen molar-refractivity contribution in [3.63, 3.8) is 0 Å². The molecule has 0 bridgehead atoms. The zero-order chi connectivity index (χ0) is 19.1. The number of amides is 2. The summed E-state index contributed by atoms with van der Waals surface area (Å²) in [6.45, 7) is 0.698. The van der Waals surface area contributed by atoms with Crippen molar-refractivity contribution in [3.05, 3.63) is 59.4 Å². The van der Waals surface area contributed by atoms with Gasteiger partial charge < -0.3 is 14.6 Å². The van der Waals surface area contributed by atoms with Gasteiger partial charge in [-0.1, -0.05) is 12.1 Å². The van der Waals surface area contributed by atoms with Gasteiger partial charge in [0.15, 0.2) is 0 Å². The molecule has 0 spiro atoms. The fourth-order valence-corrected chi connectivity index (χ4v) is 4.37. The number of aryl methyl sites for hydroxylation is 2. The fraction of sp³-hybridized carbons (Fsp3) is 0.304. The number of rotatable bonds is 4. The van der Waals surface area contributed by atoms with Crippen molar-refractivity contribution < 1.29 is 14.0 Å². The van der Waals surface area contributed by atoms with Gasteiger partial charge in [0, 0.05) is 23.9 Å². The number of fused-ring (bicyclic) bond motifs is 2. The zero-order valence-corrected chi connectivity index (χ0v) is 15.7. The predicted molar refractivity (Wildman–Crippen MR) is 109 cm³/mol. The molecule has 1 aromatic heterocycles. The summed E-state index contributed by atoms with van der Waals surface area (Å²) < 4.78 is 5.71. The maximum absolute atomic E-state index is 12.7. The van der Waals surface area contributed by atoms with Crippen molar-refractivity contribution in [1.29, 1.82) is 0 Å². The molecule has 0 radical (unpaired) electrons. The lowest BCUT2D eigenvalue weighted by Crippen LogP contribution is -2.25. The van der Waals surface area contributed by atoms with E-state index in [1.807, 2.05) is 24.3 Å². The average Bonchev–Trinajstić information content (AvgIpc) is 3.41. The number of anilines is 2. The first kappa shape index (κ1) is 17.0. The van der Waals surface area contributed by atoms with Crippen LogP contribution in [0.5, 0.6) is 0 Å². The van der Waals surface area contributed by atoms with Crippen LogP contribution in [0.15, 0.2) is 47.1 Å². The van der Waals surface area contributed by atoms with E-state index in [1.54, 1.807) is 11.2 Å². The molecule has 5 rings (SSSR count). The zero-order valence-electron chi connectivity index (χ0n) is 15.7. The Bertz CT molecular complexity index is 1080. The summed E-state index contributed by atoms with van der Waals surface area (Å²) in [5.41, 5.74) is 5.93. The first-order valence-electron chi connectivity index (χ1n) is 9.90. The number of hydrogen-bond donors (Lipinski definition) is 1. The molecule has 1 N–H and O–H groups in total. The molecule has 142 valence electrons. The first-order chi connectivity index (χ1) is 13.7. The highest BCUT2D eigenvalue weighted by Gasteiger charge is 2.24. The minimum Gasteiger partial charge on any atom is -0.464 e. The number of nitrogens with one attached hydrogen (secondary N) is 1. The molecule has 0 saturated carbocycles. The summed E-state index contributed by atoms with van der Waals surface area (Å²) in [6.07, 6.45) is 6.74. The fourth-order valence-electron chi connectivity index (χ4n) is 4.37. The standard InChI is InChI=1S/C23H22N2O3/c26-22(24-19-7-1-2-8-20(19)25-10-4-9-23(25)27)13-17-14-28-21-12-16-6-3-5-15(16)11-18(17)21/h1-2,7-8,11-12,14H,3-6,9-10,13H2,(H,24,26). The second kappa shape index (κ2) is 6.82. The van der Waals surface area contributed by atoms with E-state index in [9.17, 15) is 9.59 Å². The van der Waals surface area contributed by atoms with Gasteiger partial charge in [0.2, 0.25) is 11.8 Å². The van der Waals surface area contributed by atoms with E-state index in [-0.39, 0.29) is 18.2 Å². The van der Waals surface area contributed by atoms with Crippen LogP contribution in [-0.2, 0) is 28.9 Å². The van der Waals surface area contributed by atoms with Crippen LogP contribution in [0, 0.1) is 0 Å². The molecule has 5 heteroatoms. The van der Waals surface area contributed by atoms with E-state index in [4.69, 9.17) is 4.42 Å². The number of carbonyl (C=O) groups is 2. The Morgan fingerprint density at radius 2 is 1.89 bits per heavy atom. The molecule has 28 heavy (non-hydrogen) atoms. The van der Waals surface area contributed by atoms with E-state index < -0.39 is 0 Å². The summed E-state index contributed by atoms with van der Waals surface area (Å²) in [7, 11) is 0. The molecule has 1 fully saturated rings. The van der Waals surface area contributed by atoms with Gasteiger partial charge in [0.05, 0.1) is 24.1 Å². The molecule has 2 amide bonds. The van der Waals surface area contributed by atoms with Gasteiger partial charge in [0.25, 0.3) is 0 Å². The highest BCUT2D eigenvalue weighted by atomic mass is 16.3. The van der Waals surface area contributed by atoms with Gasteiger partial charge in [-0.25, -0.2) is 0 Å². The van der Waals surface area contributed by atoms with Crippen molar-refractivity contribution >= 4 is 34.2 Å². The minimum atomic E-state index is -0.109. The summed E-state index contributed by atoms with van der Waals surface area (Å²) in [4.78, 5) is 26.6. The van der Waals surface area contributed by atoms with Gasteiger partial charge in [-0.15, -0.1) is 0 Å². The average molecular weight is 374 g/mol. The van der Waals surface area contributed by atoms with E-state index >= 15 is 0 Å². The number of para-hydroxylation sites is 2. The largest absolute Gasteiger partial charge is 0.464 e. The lowest BCUT2D eigenvalue weighted by molar-refractivity contribution is -0.117. The highest BCUT2D eigenvalue weighted by Crippen LogP contribution is 2.32. The van der Waals surface area contributed by atoms with Crippen LogP contribution >= 0.6 is 0 Å². The summed E-state index contributed by atoms with van der Waals surface area (Å²) in [6, 6.07) is 11.8. The molecule has 2 aliphatic rings. The van der Waals surface area contributed by atoms with Crippen molar-refractivity contribution in [2.45, 2.75) is 38.5 Å². The number of nitrogens with zero attached hydrogens (tertiary/aromatic N) is 1. The third-order valence-corrected chi connectivity index (χ3v) is 5.76. The van der Waals surface area contributed by atoms with Gasteiger partial charge in [-0.2, -0.15) is 0 Å². The van der Waals surface area contributed by atoms with Crippen LogP contribution in [-0.4, -0.2) is 18.4 Å². The van der Waals surface area contributed by atoms with Gasteiger partial charge in [-0.05, 0) is 61.1 Å². The van der Waals surface area contributed by atoms with Gasteiger partial charge in [-0.3, -0.25) is 9.59 Å². The Labute approximate surface area is 163 Å². The Balaban J connectivity index is 1.38. The summed E-state index contributed by atoms with van der Waals surface area (Å²) >= 11 is 0. The molecular weight excluding hydrogens is 352 g/mol. The molecular formula is C23H22N2O3. The maximum Gasteiger partial charge on any atom is 0.228 e. The molecule has 1 saturated heterocycles. The molecule has 1 aliphatic heterocycles. The Morgan fingerprint density at radius 1 is 1.07 bits per heavy atom. The molecule has 5 nitrogen and oxygen atoms in total. The second-order valence-electron chi connectivity index (χ2n) is 7.62. The SMILES string of the molecule is O=C(Cc1coc2cc3c(cc12)CCC3)Nc1ccccc1N1CCCC1=O. The second-order valence-corrected chi connectivity index (χ2v) is 7.62. The Hall–Kier alpha value is -3.08. The monoisotopic (exact) mass is 374 g/mol. The lowest BCUT2D eigenvalue weighted by Gasteiger charge is -2.19. The quantitative estimate of drug-likeness (QED) is 0.743. The molecule has 1 aliphatic carbocycles. The van der Waals surface area contributed by atoms with Crippen LogP contribution in [0.2, 0.25) is 0 Å². The normalized spacial score (nSPS) is 16.0.